The molecule has 0 aliphatic carbocycles. The number of anilines is 3. The second-order valence-corrected chi connectivity index (χ2v) is 6.29. The number of nitriles is 1. The van der Waals surface area contributed by atoms with Gasteiger partial charge < -0.3 is 10.2 Å². The molecule has 0 saturated heterocycles. The molecule has 4 heterocycles. The van der Waals surface area contributed by atoms with Crippen LogP contribution in [0.4, 0.5) is 17.2 Å². The SMILES string of the molecule is [2H]C1([2H])Cc2ncc(Nc3ccncc3C)cc2C([2H])([2H])N1c1ncc(C#N)cc1C. The quantitative estimate of drug-likeness (QED) is 0.768. The third-order valence-corrected chi connectivity index (χ3v) is 4.30. The van der Waals surface area contributed by atoms with Crippen molar-refractivity contribution in [3.63, 3.8) is 0 Å². The van der Waals surface area contributed by atoms with Crippen molar-refractivity contribution in [3.8, 4) is 6.07 Å². The topological polar surface area (TPSA) is 77.7 Å². The molecule has 3 aromatic heterocycles. The minimum absolute atomic E-state index is 0.0997. The number of pyridine rings is 3. The van der Waals surface area contributed by atoms with E-state index in [1.807, 2.05) is 19.1 Å². The summed E-state index contributed by atoms with van der Waals surface area (Å²) in [4.78, 5) is 13.7. The van der Waals surface area contributed by atoms with Gasteiger partial charge in [-0.25, -0.2) is 4.98 Å². The summed E-state index contributed by atoms with van der Waals surface area (Å²) < 4.78 is 34.8. The molecular weight excluding hydrogens is 336 g/mol. The summed E-state index contributed by atoms with van der Waals surface area (Å²) in [6.45, 7) is -0.684. The molecule has 1 aliphatic heterocycles. The normalized spacial score (nSPS) is 18.9. The Morgan fingerprint density at radius 2 is 2.07 bits per heavy atom. The van der Waals surface area contributed by atoms with E-state index in [2.05, 4.69) is 20.3 Å². The lowest BCUT2D eigenvalue weighted by atomic mass is 10.0. The highest BCUT2D eigenvalue weighted by atomic mass is 15.2. The summed E-state index contributed by atoms with van der Waals surface area (Å²) in [5, 5.41) is 12.3. The van der Waals surface area contributed by atoms with Crippen LogP contribution in [0.15, 0.2) is 43.0 Å². The Morgan fingerprint density at radius 1 is 1.19 bits per heavy atom. The molecule has 0 spiro atoms. The standard InChI is InChI=1S/C21H20N6/c1-14-7-16(9-22)11-25-21(14)27-6-4-20-17(13-27)8-18(12-24-20)26-19-3-5-23-10-15(19)2/h3,5,7-8,10-12H,4,6,13H2,1-2H3,(H,23,26)/i6D2,13D2. The highest BCUT2D eigenvalue weighted by molar-refractivity contribution is 5.63. The van der Waals surface area contributed by atoms with E-state index < -0.39 is 13.0 Å². The number of aryl methyl sites for hydroxylation is 3. The molecule has 0 aromatic carbocycles. The Kier molecular flexibility index (Phi) is 3.34. The molecule has 6 nitrogen and oxygen atoms in total. The van der Waals surface area contributed by atoms with E-state index in [-0.39, 0.29) is 17.8 Å². The predicted molar refractivity (Wildman–Crippen MR) is 105 cm³/mol. The predicted octanol–water partition coefficient (Wildman–Crippen LogP) is 3.67. The van der Waals surface area contributed by atoms with Crippen molar-refractivity contribution in [2.45, 2.75) is 26.8 Å². The first kappa shape index (κ1) is 12.8. The molecule has 27 heavy (non-hydrogen) atoms. The molecule has 3 aromatic rings. The summed E-state index contributed by atoms with van der Waals surface area (Å²) in [6.07, 6.45) is 6.19. The summed E-state index contributed by atoms with van der Waals surface area (Å²) >= 11 is 0. The molecule has 0 amide bonds. The van der Waals surface area contributed by atoms with Crippen molar-refractivity contribution in [3.05, 3.63) is 70.9 Å². The molecule has 4 rings (SSSR count). The molecule has 0 bridgehead atoms. The number of hydrogen-bond donors (Lipinski definition) is 1. The van der Waals surface area contributed by atoms with Crippen molar-refractivity contribution < 1.29 is 5.48 Å². The van der Waals surface area contributed by atoms with Crippen LogP contribution in [-0.4, -0.2) is 21.4 Å². The number of aromatic nitrogens is 3. The van der Waals surface area contributed by atoms with Crippen LogP contribution in [0.1, 0.15) is 33.4 Å². The second kappa shape index (κ2) is 7.04. The molecular formula is C21H20N6. The lowest BCUT2D eigenvalue weighted by Crippen LogP contribution is -2.32. The summed E-state index contributed by atoms with van der Waals surface area (Å²) in [5.41, 5.74) is 3.82. The average molecular weight is 360 g/mol. The van der Waals surface area contributed by atoms with Crippen LogP contribution in [0, 0.1) is 25.2 Å². The van der Waals surface area contributed by atoms with Crippen molar-refractivity contribution in [1.29, 1.82) is 5.26 Å². The number of nitrogens with one attached hydrogen (secondary N) is 1. The number of hydrogen-bond acceptors (Lipinski definition) is 6. The van der Waals surface area contributed by atoms with Gasteiger partial charge in [-0.05, 0) is 48.7 Å². The molecule has 6 heteroatoms. The van der Waals surface area contributed by atoms with Crippen LogP contribution in [0.5, 0.6) is 0 Å². The largest absolute Gasteiger partial charge is 0.354 e. The Morgan fingerprint density at radius 3 is 2.85 bits per heavy atom. The fraction of sp³-hybridized carbons (Fsp3) is 0.238. The van der Waals surface area contributed by atoms with Gasteiger partial charge in [0, 0.05) is 52.1 Å². The summed E-state index contributed by atoms with van der Waals surface area (Å²) in [6, 6.07) is 7.05. The maximum absolute atomic E-state index is 9.10. The van der Waals surface area contributed by atoms with Gasteiger partial charge in [-0.3, -0.25) is 9.97 Å². The molecule has 0 fully saturated rings. The van der Waals surface area contributed by atoms with Gasteiger partial charge in [-0.2, -0.15) is 5.26 Å². The van der Waals surface area contributed by atoms with Gasteiger partial charge in [0.25, 0.3) is 0 Å². The molecule has 1 aliphatic rings. The molecule has 0 atom stereocenters. The van der Waals surface area contributed by atoms with Crippen LogP contribution < -0.4 is 10.2 Å². The van der Waals surface area contributed by atoms with Crippen LogP contribution in [0.2, 0.25) is 0 Å². The highest BCUT2D eigenvalue weighted by Gasteiger charge is 2.20. The lowest BCUT2D eigenvalue weighted by Gasteiger charge is -2.30. The first-order chi connectivity index (χ1) is 14.6. The second-order valence-electron chi connectivity index (χ2n) is 6.29. The molecule has 0 unspecified atom stereocenters. The van der Waals surface area contributed by atoms with Crippen LogP contribution in [0.25, 0.3) is 0 Å². The first-order valence-corrected chi connectivity index (χ1v) is 8.47. The van der Waals surface area contributed by atoms with Gasteiger partial charge in [0.1, 0.15) is 11.9 Å². The monoisotopic (exact) mass is 360 g/mol. The minimum Gasteiger partial charge on any atom is -0.354 e. The molecule has 0 radical (unpaired) electrons. The fourth-order valence-corrected chi connectivity index (χ4v) is 2.87. The first-order valence-electron chi connectivity index (χ1n) is 10.5. The zero-order chi connectivity index (χ0) is 22.4. The van der Waals surface area contributed by atoms with Gasteiger partial charge in [-0.15, -0.1) is 0 Å². The van der Waals surface area contributed by atoms with E-state index in [1.54, 1.807) is 37.6 Å². The number of nitrogens with zero attached hydrogens (tertiary/aromatic N) is 5. The van der Waals surface area contributed by atoms with E-state index in [0.29, 0.717) is 22.5 Å². The van der Waals surface area contributed by atoms with Gasteiger partial charge in [0.2, 0.25) is 0 Å². The van der Waals surface area contributed by atoms with E-state index >= 15 is 0 Å². The summed E-state index contributed by atoms with van der Waals surface area (Å²) in [5.74, 6) is 0.156. The van der Waals surface area contributed by atoms with Crippen LogP contribution in [0.3, 0.4) is 0 Å². The van der Waals surface area contributed by atoms with E-state index in [1.165, 1.54) is 6.20 Å². The lowest BCUT2D eigenvalue weighted by molar-refractivity contribution is 0.701. The Hall–Kier alpha value is -3.46. The summed E-state index contributed by atoms with van der Waals surface area (Å²) in [7, 11) is 0. The van der Waals surface area contributed by atoms with Gasteiger partial charge in [0.05, 0.1) is 20.2 Å². The zero-order valence-electron chi connectivity index (χ0n) is 19.0. The number of rotatable bonds is 3. The molecule has 134 valence electrons. The highest BCUT2D eigenvalue weighted by Crippen LogP contribution is 2.27. The van der Waals surface area contributed by atoms with Crippen LogP contribution >= 0.6 is 0 Å². The smallest absolute Gasteiger partial charge is 0.131 e. The Balaban J connectivity index is 1.80. The van der Waals surface area contributed by atoms with Crippen LogP contribution in [-0.2, 0) is 12.9 Å². The van der Waals surface area contributed by atoms with Gasteiger partial charge in [-0.1, -0.05) is 0 Å². The zero-order valence-corrected chi connectivity index (χ0v) is 15.0. The van der Waals surface area contributed by atoms with Crippen molar-refractivity contribution in [1.82, 2.24) is 15.0 Å². The average Bonchev–Trinajstić information content (AvgIpc) is 2.71. The molecule has 0 saturated carbocycles. The minimum atomic E-state index is -2.22. The van der Waals surface area contributed by atoms with Gasteiger partial charge >= 0.3 is 0 Å². The van der Waals surface area contributed by atoms with Crippen molar-refractivity contribution in [2.75, 3.05) is 16.7 Å². The maximum atomic E-state index is 9.10. The van der Waals surface area contributed by atoms with E-state index in [9.17, 15) is 0 Å². The Bertz CT molecular complexity index is 1200. The Labute approximate surface area is 164 Å². The van der Waals surface area contributed by atoms with Crippen molar-refractivity contribution in [2.24, 2.45) is 0 Å². The van der Waals surface area contributed by atoms with Gasteiger partial charge in [0.15, 0.2) is 0 Å². The van der Waals surface area contributed by atoms with E-state index in [0.717, 1.165) is 16.2 Å². The number of fused-ring (bicyclic) bond motifs is 1. The fourth-order valence-electron chi connectivity index (χ4n) is 2.87. The van der Waals surface area contributed by atoms with E-state index in [4.69, 9.17) is 10.7 Å². The maximum Gasteiger partial charge on any atom is 0.131 e. The molecule has 1 N–H and O–H groups in total. The van der Waals surface area contributed by atoms with Crippen molar-refractivity contribution >= 4 is 17.2 Å². The third kappa shape index (κ3) is 3.44. The third-order valence-electron chi connectivity index (χ3n) is 4.30.